The number of aliphatic carboxylic acids is 1. The van der Waals surface area contributed by atoms with Gasteiger partial charge < -0.3 is 15.7 Å². The average molecular weight is 276 g/mol. The third-order valence-electron chi connectivity index (χ3n) is 3.71. The Morgan fingerprint density at radius 1 is 1.40 bits per heavy atom. The molecule has 0 bridgehead atoms. The van der Waals surface area contributed by atoms with E-state index in [1.165, 1.54) is 0 Å². The molecule has 1 heterocycles. The lowest BCUT2D eigenvalue weighted by Crippen LogP contribution is -2.42. The molecule has 1 aliphatic heterocycles. The molecule has 5 nitrogen and oxygen atoms in total. The lowest BCUT2D eigenvalue weighted by Gasteiger charge is -2.18. The van der Waals surface area contributed by atoms with Crippen LogP contribution in [0.5, 0.6) is 0 Å². The maximum absolute atomic E-state index is 12.1. The minimum Gasteiger partial charge on any atom is -0.481 e. The van der Waals surface area contributed by atoms with Crippen LogP contribution < -0.4 is 10.6 Å². The van der Waals surface area contributed by atoms with Gasteiger partial charge in [0, 0.05) is 18.7 Å². The minimum atomic E-state index is -0.872. The molecule has 0 aliphatic carbocycles. The van der Waals surface area contributed by atoms with Crippen LogP contribution in [0.3, 0.4) is 0 Å². The molecule has 1 aromatic carbocycles. The minimum absolute atomic E-state index is 0.0125. The molecule has 108 valence electrons. The second-order valence-electron chi connectivity index (χ2n) is 5.49. The molecule has 1 aromatic rings. The Balaban J connectivity index is 1.90. The number of rotatable bonds is 5. The van der Waals surface area contributed by atoms with Crippen LogP contribution in [-0.4, -0.2) is 29.6 Å². The number of carboxylic acid groups (broad SMARTS) is 1. The van der Waals surface area contributed by atoms with Crippen molar-refractivity contribution in [1.82, 2.24) is 5.32 Å². The lowest BCUT2D eigenvalue weighted by molar-refractivity contribution is -0.143. The second kappa shape index (κ2) is 5.94. The van der Waals surface area contributed by atoms with E-state index in [1.807, 2.05) is 38.1 Å². The molecule has 2 rings (SSSR count). The van der Waals surface area contributed by atoms with Crippen LogP contribution in [0.25, 0.3) is 0 Å². The highest BCUT2D eigenvalue weighted by atomic mass is 16.4. The Kier molecular flexibility index (Phi) is 4.27. The number of nitrogens with one attached hydrogen (secondary N) is 2. The van der Waals surface area contributed by atoms with E-state index >= 15 is 0 Å². The molecule has 0 radical (unpaired) electrons. The van der Waals surface area contributed by atoms with Gasteiger partial charge in [-0.25, -0.2) is 0 Å². The Morgan fingerprint density at radius 3 is 2.70 bits per heavy atom. The van der Waals surface area contributed by atoms with Gasteiger partial charge in [-0.05, 0) is 17.5 Å². The summed E-state index contributed by atoms with van der Waals surface area (Å²) in [4.78, 5) is 23.2. The smallest absolute Gasteiger partial charge is 0.308 e. The number of benzene rings is 1. The number of amides is 1. The topological polar surface area (TPSA) is 78.4 Å². The largest absolute Gasteiger partial charge is 0.481 e. The standard InChI is InChI=1S/C15H20N2O3/c1-9(2)11(15(19)20)8-16-14(18)13-7-10-5-3-4-6-12(10)17-13/h3-6,9,11,13,17H,7-8H2,1-2H3,(H,16,18)(H,19,20)/t11?,13-/m0/s1. The fourth-order valence-corrected chi connectivity index (χ4v) is 2.40. The molecular weight excluding hydrogens is 256 g/mol. The summed E-state index contributed by atoms with van der Waals surface area (Å²) in [6.45, 7) is 3.85. The van der Waals surface area contributed by atoms with Crippen LogP contribution in [0, 0.1) is 11.8 Å². The Bertz CT molecular complexity index is 489. The van der Waals surface area contributed by atoms with Crippen molar-refractivity contribution < 1.29 is 14.7 Å². The third kappa shape index (κ3) is 3.10. The summed E-state index contributed by atoms with van der Waals surface area (Å²) in [5.74, 6) is -1.58. The van der Waals surface area contributed by atoms with E-state index in [1.54, 1.807) is 0 Å². The number of hydrogen-bond acceptors (Lipinski definition) is 3. The first-order valence-electron chi connectivity index (χ1n) is 6.84. The fourth-order valence-electron chi connectivity index (χ4n) is 2.40. The van der Waals surface area contributed by atoms with Gasteiger partial charge in [0.05, 0.1) is 5.92 Å². The molecular formula is C15H20N2O3. The summed E-state index contributed by atoms with van der Waals surface area (Å²) in [5.41, 5.74) is 2.09. The highest BCUT2D eigenvalue weighted by Crippen LogP contribution is 2.25. The van der Waals surface area contributed by atoms with Gasteiger partial charge in [-0.2, -0.15) is 0 Å². The van der Waals surface area contributed by atoms with Crippen LogP contribution in [0.15, 0.2) is 24.3 Å². The Morgan fingerprint density at radius 2 is 2.10 bits per heavy atom. The highest BCUT2D eigenvalue weighted by Gasteiger charge is 2.28. The van der Waals surface area contributed by atoms with Crippen molar-refractivity contribution in [1.29, 1.82) is 0 Å². The fraction of sp³-hybridized carbons (Fsp3) is 0.467. The molecule has 0 fully saturated rings. The number of anilines is 1. The van der Waals surface area contributed by atoms with Gasteiger partial charge in [0.1, 0.15) is 6.04 Å². The Labute approximate surface area is 118 Å². The zero-order valence-electron chi connectivity index (χ0n) is 11.7. The van der Waals surface area contributed by atoms with E-state index in [0.29, 0.717) is 6.42 Å². The predicted molar refractivity (Wildman–Crippen MR) is 76.5 cm³/mol. The molecule has 1 amide bonds. The predicted octanol–water partition coefficient (Wildman–Crippen LogP) is 1.50. The van der Waals surface area contributed by atoms with Gasteiger partial charge in [-0.3, -0.25) is 9.59 Å². The van der Waals surface area contributed by atoms with Gasteiger partial charge in [-0.15, -0.1) is 0 Å². The SMILES string of the molecule is CC(C)C(CNC(=O)[C@@H]1Cc2ccccc2N1)C(=O)O. The van der Waals surface area contributed by atoms with E-state index in [2.05, 4.69) is 10.6 Å². The molecule has 5 heteroatoms. The first kappa shape index (κ1) is 14.4. The molecule has 20 heavy (non-hydrogen) atoms. The van der Waals surface area contributed by atoms with Crippen LogP contribution in [-0.2, 0) is 16.0 Å². The number of carbonyl (C=O) groups is 2. The molecule has 1 unspecified atom stereocenters. The van der Waals surface area contributed by atoms with Gasteiger partial charge >= 0.3 is 5.97 Å². The molecule has 0 saturated heterocycles. The molecule has 2 atom stereocenters. The zero-order valence-corrected chi connectivity index (χ0v) is 11.7. The number of carboxylic acids is 1. The van der Waals surface area contributed by atoms with Gasteiger partial charge in [0.2, 0.25) is 5.91 Å². The summed E-state index contributed by atoms with van der Waals surface area (Å²) in [6, 6.07) is 7.49. The molecule has 0 saturated carbocycles. The monoisotopic (exact) mass is 276 g/mol. The van der Waals surface area contributed by atoms with Crippen molar-refractivity contribution in [2.24, 2.45) is 11.8 Å². The van der Waals surface area contributed by atoms with Crippen LogP contribution in [0.2, 0.25) is 0 Å². The molecule has 1 aliphatic rings. The number of para-hydroxylation sites is 1. The van der Waals surface area contributed by atoms with Crippen molar-refractivity contribution in [3.05, 3.63) is 29.8 Å². The van der Waals surface area contributed by atoms with E-state index in [-0.39, 0.29) is 24.4 Å². The summed E-state index contributed by atoms with van der Waals surface area (Å²) < 4.78 is 0. The van der Waals surface area contributed by atoms with E-state index in [4.69, 9.17) is 5.11 Å². The summed E-state index contributed by atoms with van der Waals surface area (Å²) in [5, 5.41) is 15.0. The first-order chi connectivity index (χ1) is 9.49. The van der Waals surface area contributed by atoms with Crippen LogP contribution >= 0.6 is 0 Å². The van der Waals surface area contributed by atoms with Crippen molar-refractivity contribution in [2.75, 3.05) is 11.9 Å². The van der Waals surface area contributed by atoms with Crippen molar-refractivity contribution >= 4 is 17.6 Å². The lowest BCUT2D eigenvalue weighted by atomic mass is 9.96. The molecule has 3 N–H and O–H groups in total. The average Bonchev–Trinajstić information content (AvgIpc) is 2.81. The van der Waals surface area contributed by atoms with E-state index in [9.17, 15) is 9.59 Å². The summed E-state index contributed by atoms with van der Waals surface area (Å²) >= 11 is 0. The normalized spacial score (nSPS) is 18.2. The number of carbonyl (C=O) groups excluding carboxylic acids is 1. The van der Waals surface area contributed by atoms with Gasteiger partial charge in [0.15, 0.2) is 0 Å². The maximum Gasteiger partial charge on any atom is 0.308 e. The van der Waals surface area contributed by atoms with E-state index in [0.717, 1.165) is 11.3 Å². The Hall–Kier alpha value is -2.04. The van der Waals surface area contributed by atoms with Gasteiger partial charge in [0.25, 0.3) is 0 Å². The zero-order chi connectivity index (χ0) is 14.7. The van der Waals surface area contributed by atoms with Crippen LogP contribution in [0.4, 0.5) is 5.69 Å². The number of hydrogen-bond donors (Lipinski definition) is 3. The van der Waals surface area contributed by atoms with Gasteiger partial charge in [-0.1, -0.05) is 32.0 Å². The van der Waals surface area contributed by atoms with Crippen LogP contribution in [0.1, 0.15) is 19.4 Å². The van der Waals surface area contributed by atoms with E-state index < -0.39 is 11.9 Å². The van der Waals surface area contributed by atoms with Crippen molar-refractivity contribution in [2.45, 2.75) is 26.3 Å². The highest BCUT2D eigenvalue weighted by molar-refractivity contribution is 5.87. The summed E-state index contributed by atoms with van der Waals surface area (Å²) in [7, 11) is 0. The second-order valence-corrected chi connectivity index (χ2v) is 5.49. The van der Waals surface area contributed by atoms with Crippen molar-refractivity contribution in [3.8, 4) is 0 Å². The third-order valence-corrected chi connectivity index (χ3v) is 3.71. The quantitative estimate of drug-likeness (QED) is 0.761. The molecule has 0 spiro atoms. The maximum atomic E-state index is 12.1. The first-order valence-corrected chi connectivity index (χ1v) is 6.84. The molecule has 0 aromatic heterocycles. The van der Waals surface area contributed by atoms with Crippen molar-refractivity contribution in [3.63, 3.8) is 0 Å². The summed E-state index contributed by atoms with van der Waals surface area (Å²) in [6.07, 6.45) is 0.640. The number of fused-ring (bicyclic) bond motifs is 1.